The number of benzene rings is 3. The molecule has 0 atom stereocenters. The zero-order valence-electron chi connectivity index (χ0n) is 19.1. The van der Waals surface area contributed by atoms with Gasteiger partial charge in [0, 0.05) is 15.2 Å². The molecule has 0 fully saturated rings. The molecule has 11 heteroatoms. The number of amides is 1. The van der Waals surface area contributed by atoms with Crippen LogP contribution < -0.4 is 14.8 Å². The zero-order valence-corrected chi connectivity index (χ0v) is 23.0. The highest BCUT2D eigenvalue weighted by Gasteiger charge is 2.18. The van der Waals surface area contributed by atoms with E-state index in [0.29, 0.717) is 38.3 Å². The van der Waals surface area contributed by atoms with E-state index in [9.17, 15) is 4.79 Å². The summed E-state index contributed by atoms with van der Waals surface area (Å²) in [4.78, 5) is 12.5. The van der Waals surface area contributed by atoms with Gasteiger partial charge < -0.3 is 14.8 Å². The fourth-order valence-corrected chi connectivity index (χ4v) is 4.90. The van der Waals surface area contributed by atoms with E-state index in [1.807, 2.05) is 41.0 Å². The van der Waals surface area contributed by atoms with Crippen LogP contribution in [0.2, 0.25) is 10.0 Å². The molecule has 0 aliphatic heterocycles. The summed E-state index contributed by atoms with van der Waals surface area (Å²) in [5, 5.41) is 13.1. The molecule has 1 N–H and O–H groups in total. The Kier molecular flexibility index (Phi) is 9.14. The van der Waals surface area contributed by atoms with Gasteiger partial charge in [0.05, 0.1) is 24.4 Å². The van der Waals surface area contributed by atoms with Crippen LogP contribution in [0.15, 0.2) is 76.4 Å². The summed E-state index contributed by atoms with van der Waals surface area (Å²) in [6, 6.07) is 20.5. The first-order chi connectivity index (χ1) is 17.4. The van der Waals surface area contributed by atoms with Crippen molar-refractivity contribution in [3.05, 3.63) is 92.6 Å². The molecule has 186 valence electrons. The van der Waals surface area contributed by atoms with E-state index in [1.54, 1.807) is 37.1 Å². The van der Waals surface area contributed by atoms with Gasteiger partial charge in [0.15, 0.2) is 17.6 Å². The minimum absolute atomic E-state index is 0.139. The molecular formula is C25H21BrCl2N4O3S. The fourth-order valence-electron chi connectivity index (χ4n) is 3.26. The van der Waals surface area contributed by atoms with Crippen molar-refractivity contribution < 1.29 is 14.3 Å². The minimum atomic E-state index is -0.334. The molecule has 3 aromatic carbocycles. The molecule has 1 amide bonds. The van der Waals surface area contributed by atoms with Crippen molar-refractivity contribution in [2.75, 3.05) is 13.7 Å². The molecule has 36 heavy (non-hydrogen) atoms. The van der Waals surface area contributed by atoms with Crippen LogP contribution in [-0.4, -0.2) is 34.4 Å². The summed E-state index contributed by atoms with van der Waals surface area (Å²) in [7, 11) is 1.61. The molecule has 0 spiro atoms. The van der Waals surface area contributed by atoms with E-state index >= 15 is 0 Å². The number of carbonyl (C=O) groups is 1. The Bertz CT molecular complexity index is 1350. The van der Waals surface area contributed by atoms with Crippen molar-refractivity contribution in [3.8, 4) is 17.2 Å². The Labute approximate surface area is 231 Å². The van der Waals surface area contributed by atoms with Gasteiger partial charge in [-0.25, -0.2) is 0 Å². The number of rotatable bonds is 10. The molecule has 0 radical (unpaired) electrons. The van der Waals surface area contributed by atoms with Gasteiger partial charge in [-0.3, -0.25) is 9.36 Å². The van der Waals surface area contributed by atoms with Crippen molar-refractivity contribution in [2.45, 2.75) is 17.5 Å². The Morgan fingerprint density at radius 3 is 2.58 bits per heavy atom. The van der Waals surface area contributed by atoms with E-state index < -0.39 is 0 Å². The molecule has 1 heterocycles. The van der Waals surface area contributed by atoms with Gasteiger partial charge in [-0.2, -0.15) is 0 Å². The van der Waals surface area contributed by atoms with E-state index in [-0.39, 0.29) is 19.1 Å². The van der Waals surface area contributed by atoms with Gasteiger partial charge >= 0.3 is 0 Å². The lowest BCUT2D eigenvalue weighted by Crippen LogP contribution is -2.29. The Balaban J connectivity index is 1.49. The number of methoxy groups -OCH3 is 1. The van der Waals surface area contributed by atoms with E-state index in [2.05, 4.69) is 43.6 Å². The van der Waals surface area contributed by atoms with Crippen molar-refractivity contribution in [1.82, 2.24) is 20.1 Å². The number of hydrogen-bond donors (Lipinski definition) is 1. The lowest BCUT2D eigenvalue weighted by atomic mass is 10.2. The van der Waals surface area contributed by atoms with Gasteiger partial charge in [-0.05, 0) is 48.0 Å². The molecule has 4 aromatic rings. The van der Waals surface area contributed by atoms with Crippen LogP contribution in [0.3, 0.4) is 0 Å². The number of nitrogens with zero attached hydrogens (tertiary/aromatic N) is 3. The molecule has 0 aliphatic rings. The van der Waals surface area contributed by atoms with Crippen molar-refractivity contribution >= 4 is 56.8 Å². The van der Waals surface area contributed by atoms with Gasteiger partial charge in [0.2, 0.25) is 0 Å². The summed E-state index contributed by atoms with van der Waals surface area (Å²) >= 11 is 17.0. The Morgan fingerprint density at radius 1 is 1.06 bits per heavy atom. The smallest absolute Gasteiger partial charge is 0.258 e. The third-order valence-corrected chi connectivity index (χ3v) is 7.06. The summed E-state index contributed by atoms with van der Waals surface area (Å²) in [5.41, 5.74) is 1.92. The number of halogens is 3. The third kappa shape index (κ3) is 6.73. The van der Waals surface area contributed by atoms with E-state index in [0.717, 1.165) is 15.7 Å². The van der Waals surface area contributed by atoms with Crippen LogP contribution in [0.1, 0.15) is 11.4 Å². The predicted molar refractivity (Wildman–Crippen MR) is 145 cm³/mol. The van der Waals surface area contributed by atoms with Gasteiger partial charge in [-0.1, -0.05) is 75.2 Å². The third-order valence-electron chi connectivity index (χ3n) is 5.00. The van der Waals surface area contributed by atoms with Crippen LogP contribution in [0.4, 0.5) is 0 Å². The summed E-state index contributed by atoms with van der Waals surface area (Å²) in [6.45, 7) is -0.0737. The van der Waals surface area contributed by atoms with Crippen LogP contribution in [0.25, 0.3) is 5.69 Å². The number of hydrogen-bond acceptors (Lipinski definition) is 6. The average Bonchev–Trinajstić information content (AvgIpc) is 3.29. The maximum absolute atomic E-state index is 12.5. The number of nitrogens with one attached hydrogen (secondary N) is 1. The molecule has 0 aliphatic carbocycles. The number of ether oxygens (including phenoxy) is 2. The molecule has 1 aromatic heterocycles. The van der Waals surface area contributed by atoms with Crippen molar-refractivity contribution in [1.29, 1.82) is 0 Å². The molecule has 0 saturated carbocycles. The molecule has 4 rings (SSSR count). The Hall–Kier alpha value is -2.72. The number of aromatic nitrogens is 3. The Morgan fingerprint density at radius 2 is 1.83 bits per heavy atom. The lowest BCUT2D eigenvalue weighted by molar-refractivity contribution is -0.123. The number of thioether (sulfide) groups is 1. The molecular weight excluding hydrogens is 587 g/mol. The molecule has 0 bridgehead atoms. The summed E-state index contributed by atoms with van der Waals surface area (Å²) in [6.07, 6.45) is 0. The SMILES string of the molecule is COc1ccccc1-n1c(CNC(=O)COc2ccc(Cl)cc2Cl)nnc1SCc1ccc(Br)cc1. The van der Waals surface area contributed by atoms with Gasteiger partial charge in [-0.15, -0.1) is 10.2 Å². The first kappa shape index (κ1) is 26.3. The zero-order chi connectivity index (χ0) is 25.5. The topological polar surface area (TPSA) is 78.3 Å². The van der Waals surface area contributed by atoms with E-state index in [4.69, 9.17) is 32.7 Å². The molecule has 7 nitrogen and oxygen atoms in total. The van der Waals surface area contributed by atoms with Gasteiger partial charge in [0.1, 0.15) is 11.5 Å². The summed E-state index contributed by atoms with van der Waals surface area (Å²) in [5.74, 6) is 1.95. The lowest BCUT2D eigenvalue weighted by Gasteiger charge is -2.14. The van der Waals surface area contributed by atoms with E-state index in [1.165, 1.54) is 0 Å². The first-order valence-corrected chi connectivity index (χ1v) is 13.3. The maximum Gasteiger partial charge on any atom is 0.258 e. The quantitative estimate of drug-likeness (QED) is 0.212. The van der Waals surface area contributed by atoms with Gasteiger partial charge in [0.25, 0.3) is 5.91 Å². The monoisotopic (exact) mass is 606 g/mol. The van der Waals surface area contributed by atoms with Crippen molar-refractivity contribution in [2.24, 2.45) is 0 Å². The average molecular weight is 608 g/mol. The highest BCUT2D eigenvalue weighted by molar-refractivity contribution is 9.10. The summed E-state index contributed by atoms with van der Waals surface area (Å²) < 4.78 is 14.0. The normalized spacial score (nSPS) is 10.8. The van der Waals surface area contributed by atoms with Crippen LogP contribution in [0, 0.1) is 0 Å². The second-order valence-corrected chi connectivity index (χ2v) is 10.2. The second-order valence-electron chi connectivity index (χ2n) is 7.46. The minimum Gasteiger partial charge on any atom is -0.495 e. The predicted octanol–water partition coefficient (Wildman–Crippen LogP) is 6.33. The molecule has 0 saturated heterocycles. The number of carbonyl (C=O) groups excluding carboxylic acids is 1. The fraction of sp³-hybridized carbons (Fsp3) is 0.160. The van der Waals surface area contributed by atoms with Crippen LogP contribution in [-0.2, 0) is 17.1 Å². The molecule has 0 unspecified atom stereocenters. The first-order valence-electron chi connectivity index (χ1n) is 10.7. The van der Waals surface area contributed by atoms with Crippen LogP contribution in [0.5, 0.6) is 11.5 Å². The van der Waals surface area contributed by atoms with Crippen molar-refractivity contribution in [3.63, 3.8) is 0 Å². The van der Waals surface area contributed by atoms with Crippen LogP contribution >= 0.6 is 50.9 Å². The second kappa shape index (κ2) is 12.5. The largest absolute Gasteiger partial charge is 0.495 e. The standard InChI is InChI=1S/C25H21BrCl2N4O3S/c1-34-22-5-3-2-4-20(22)32-23(30-31-25(32)36-15-16-6-8-17(26)9-7-16)13-29-24(33)14-35-21-11-10-18(27)12-19(21)28/h2-12H,13-15H2,1H3,(H,29,33). The highest BCUT2D eigenvalue weighted by atomic mass is 79.9. The highest BCUT2D eigenvalue weighted by Crippen LogP contribution is 2.30. The maximum atomic E-state index is 12.5. The number of para-hydroxylation sites is 2.